The van der Waals surface area contributed by atoms with Gasteiger partial charge in [-0.15, -0.1) is 0 Å². The summed E-state index contributed by atoms with van der Waals surface area (Å²) < 4.78 is 0. The van der Waals surface area contributed by atoms with Gasteiger partial charge in [-0.3, -0.25) is 0 Å². The zero-order valence-electron chi connectivity index (χ0n) is 9.37. The molecule has 1 heteroatoms. The first-order valence-corrected chi connectivity index (χ1v) is 7.49. The van der Waals surface area contributed by atoms with Gasteiger partial charge >= 0.3 is 0 Å². The molecule has 1 aliphatic heterocycles. The van der Waals surface area contributed by atoms with Gasteiger partial charge in [0.2, 0.25) is 0 Å². The normalized spacial score (nSPS) is 32.6. The van der Waals surface area contributed by atoms with Gasteiger partial charge in [-0.05, 0) is 48.7 Å². The van der Waals surface area contributed by atoms with Gasteiger partial charge in [0.15, 0.2) is 0 Å². The molecular formula is C13H21P. The second-order valence-corrected chi connectivity index (χ2v) is 7.17. The Morgan fingerprint density at radius 1 is 1.21 bits per heavy atom. The van der Waals surface area contributed by atoms with Crippen LogP contribution in [0.2, 0.25) is 0 Å². The summed E-state index contributed by atoms with van der Waals surface area (Å²) in [5.74, 6) is 0. The van der Waals surface area contributed by atoms with E-state index in [0.717, 1.165) is 11.3 Å². The van der Waals surface area contributed by atoms with E-state index in [2.05, 4.69) is 32.1 Å². The monoisotopic (exact) mass is 208 g/mol. The topological polar surface area (TPSA) is 0 Å². The van der Waals surface area contributed by atoms with Crippen molar-refractivity contribution in [2.24, 2.45) is 0 Å². The highest BCUT2D eigenvalue weighted by atomic mass is 31.1. The predicted molar refractivity (Wildman–Crippen MR) is 66.2 cm³/mol. The van der Waals surface area contributed by atoms with Crippen LogP contribution in [-0.2, 0) is 0 Å². The van der Waals surface area contributed by atoms with Crippen molar-refractivity contribution in [3.63, 3.8) is 0 Å². The summed E-state index contributed by atoms with van der Waals surface area (Å²) in [6.07, 6.45) is 14.2. The van der Waals surface area contributed by atoms with Crippen molar-refractivity contribution in [3.05, 3.63) is 23.5 Å². The fourth-order valence-corrected chi connectivity index (χ4v) is 6.50. The maximum Gasteiger partial charge on any atom is -0.0156 e. The van der Waals surface area contributed by atoms with Crippen LogP contribution in [0.3, 0.4) is 0 Å². The fourth-order valence-electron chi connectivity index (χ4n) is 2.82. The van der Waals surface area contributed by atoms with Gasteiger partial charge in [0, 0.05) is 0 Å². The van der Waals surface area contributed by atoms with E-state index in [9.17, 15) is 0 Å². The summed E-state index contributed by atoms with van der Waals surface area (Å²) in [6.45, 7) is 4.74. The highest BCUT2D eigenvalue weighted by Gasteiger charge is 2.35. The Morgan fingerprint density at radius 3 is 2.29 bits per heavy atom. The molecule has 0 spiro atoms. The molecule has 1 fully saturated rings. The van der Waals surface area contributed by atoms with E-state index in [-0.39, 0.29) is 7.92 Å². The molecule has 2 aliphatic rings. The first-order chi connectivity index (χ1) is 6.86. The van der Waals surface area contributed by atoms with Crippen LogP contribution in [0.25, 0.3) is 0 Å². The molecule has 0 bridgehead atoms. The molecule has 0 nitrogen and oxygen atoms in total. The van der Waals surface area contributed by atoms with Crippen LogP contribution in [0.1, 0.15) is 46.0 Å². The van der Waals surface area contributed by atoms with Gasteiger partial charge in [0.1, 0.15) is 0 Å². The van der Waals surface area contributed by atoms with Crippen molar-refractivity contribution in [2.45, 2.75) is 57.3 Å². The Kier molecular flexibility index (Phi) is 3.44. The van der Waals surface area contributed by atoms with Crippen molar-refractivity contribution >= 4 is 7.92 Å². The van der Waals surface area contributed by atoms with Crippen molar-refractivity contribution in [1.82, 2.24) is 0 Å². The standard InChI is InChI=1S/C13H21P/c1-3-11-9-10-12(4-2)14(11)13-7-5-6-8-13/h5,7-8,11-12H,3-4,6,9-10H2,1-2H3/t11-,12-/m1/s1. The van der Waals surface area contributed by atoms with Crippen LogP contribution < -0.4 is 0 Å². The molecule has 0 unspecified atom stereocenters. The zero-order chi connectivity index (χ0) is 9.97. The SMILES string of the molecule is CC[C@@H]1CC[C@@H](CC)P1C1=CCC=C1. The van der Waals surface area contributed by atoms with Crippen molar-refractivity contribution < 1.29 is 0 Å². The quantitative estimate of drug-likeness (QED) is 0.591. The van der Waals surface area contributed by atoms with Gasteiger partial charge < -0.3 is 0 Å². The Morgan fingerprint density at radius 2 is 1.86 bits per heavy atom. The highest BCUT2D eigenvalue weighted by Crippen LogP contribution is 2.64. The number of hydrogen-bond donors (Lipinski definition) is 0. The smallest absolute Gasteiger partial charge is 0.0156 e. The van der Waals surface area contributed by atoms with Crippen LogP contribution in [0, 0.1) is 0 Å². The molecule has 1 heterocycles. The summed E-state index contributed by atoms with van der Waals surface area (Å²) in [7, 11) is 0.201. The molecule has 0 aromatic heterocycles. The summed E-state index contributed by atoms with van der Waals surface area (Å²) >= 11 is 0. The molecule has 2 rings (SSSR count). The van der Waals surface area contributed by atoms with E-state index in [1.807, 2.05) is 0 Å². The predicted octanol–water partition coefficient (Wildman–Crippen LogP) is 4.66. The maximum absolute atomic E-state index is 2.47. The van der Waals surface area contributed by atoms with Crippen molar-refractivity contribution in [1.29, 1.82) is 0 Å². The van der Waals surface area contributed by atoms with E-state index < -0.39 is 0 Å². The molecule has 0 saturated carbocycles. The summed E-state index contributed by atoms with van der Waals surface area (Å²) in [5, 5.41) is 1.72. The molecule has 0 amide bonds. The van der Waals surface area contributed by atoms with E-state index >= 15 is 0 Å². The first kappa shape index (κ1) is 10.4. The van der Waals surface area contributed by atoms with Gasteiger partial charge in [-0.2, -0.15) is 0 Å². The van der Waals surface area contributed by atoms with Crippen LogP contribution >= 0.6 is 7.92 Å². The highest BCUT2D eigenvalue weighted by molar-refractivity contribution is 7.64. The number of rotatable bonds is 3. The largest absolute Gasteiger partial charge is 0.0801 e. The van der Waals surface area contributed by atoms with E-state index in [0.29, 0.717) is 0 Å². The third kappa shape index (κ3) is 1.82. The van der Waals surface area contributed by atoms with Gasteiger partial charge in [0.25, 0.3) is 0 Å². The lowest BCUT2D eigenvalue weighted by atomic mass is 10.1. The third-order valence-corrected chi connectivity index (χ3v) is 7.36. The molecular weight excluding hydrogens is 187 g/mol. The Hall–Kier alpha value is -0.0900. The minimum atomic E-state index is 0.201. The lowest BCUT2D eigenvalue weighted by Crippen LogP contribution is -2.02. The van der Waals surface area contributed by atoms with E-state index in [4.69, 9.17) is 0 Å². The maximum atomic E-state index is 2.47. The molecule has 2 atom stereocenters. The van der Waals surface area contributed by atoms with Gasteiger partial charge in [-0.1, -0.05) is 40.0 Å². The van der Waals surface area contributed by atoms with E-state index in [1.165, 1.54) is 32.1 Å². The molecule has 78 valence electrons. The number of allylic oxidation sites excluding steroid dienone is 4. The average Bonchev–Trinajstić information content (AvgIpc) is 2.85. The summed E-state index contributed by atoms with van der Waals surface area (Å²) in [4.78, 5) is 0. The van der Waals surface area contributed by atoms with Crippen LogP contribution in [0.4, 0.5) is 0 Å². The minimum Gasteiger partial charge on any atom is -0.0801 e. The van der Waals surface area contributed by atoms with Crippen LogP contribution in [0.5, 0.6) is 0 Å². The minimum absolute atomic E-state index is 0.201. The second kappa shape index (κ2) is 4.62. The van der Waals surface area contributed by atoms with Crippen LogP contribution in [-0.4, -0.2) is 11.3 Å². The van der Waals surface area contributed by atoms with Crippen molar-refractivity contribution in [3.8, 4) is 0 Å². The lowest BCUT2D eigenvalue weighted by molar-refractivity contribution is 0.696. The Bertz CT molecular complexity index is 240. The van der Waals surface area contributed by atoms with Gasteiger partial charge in [0.05, 0.1) is 0 Å². The van der Waals surface area contributed by atoms with Crippen LogP contribution in [0.15, 0.2) is 23.5 Å². The second-order valence-electron chi connectivity index (χ2n) is 4.38. The molecule has 1 saturated heterocycles. The molecule has 0 N–H and O–H groups in total. The number of hydrogen-bond acceptors (Lipinski definition) is 0. The zero-order valence-corrected chi connectivity index (χ0v) is 10.3. The van der Waals surface area contributed by atoms with E-state index in [1.54, 1.807) is 5.31 Å². The molecule has 14 heavy (non-hydrogen) atoms. The van der Waals surface area contributed by atoms with Crippen molar-refractivity contribution in [2.75, 3.05) is 0 Å². The molecule has 0 aromatic carbocycles. The lowest BCUT2D eigenvalue weighted by Gasteiger charge is -2.24. The third-order valence-electron chi connectivity index (χ3n) is 3.61. The average molecular weight is 208 g/mol. The Labute approximate surface area is 89.2 Å². The molecule has 0 radical (unpaired) electrons. The first-order valence-electron chi connectivity index (χ1n) is 6.01. The summed E-state index contributed by atoms with van der Waals surface area (Å²) in [6, 6.07) is 0. The molecule has 0 aromatic rings. The fraction of sp³-hybridized carbons (Fsp3) is 0.692. The molecule has 1 aliphatic carbocycles. The Balaban J connectivity index is 2.14. The summed E-state index contributed by atoms with van der Waals surface area (Å²) in [5.41, 5.74) is 2.06. The van der Waals surface area contributed by atoms with Gasteiger partial charge in [-0.25, -0.2) is 0 Å².